The molecule has 1 amide bonds. The van der Waals surface area contributed by atoms with E-state index in [4.69, 9.17) is 23.2 Å². The number of benzene rings is 2. The van der Waals surface area contributed by atoms with E-state index in [0.29, 0.717) is 5.69 Å². The Morgan fingerprint density at radius 3 is 2.28 bits per heavy atom. The molecule has 150 valence electrons. The Morgan fingerprint density at radius 2 is 1.69 bits per heavy atom. The number of hydrogen-bond donors (Lipinski definition) is 1. The van der Waals surface area contributed by atoms with Crippen molar-refractivity contribution >= 4 is 50.5 Å². The highest BCUT2D eigenvalue weighted by molar-refractivity contribution is 7.92. The summed E-state index contributed by atoms with van der Waals surface area (Å²) in [6.45, 7) is 1.41. The maximum atomic E-state index is 13.2. The highest BCUT2D eigenvalue weighted by Gasteiger charge is 2.27. The first-order valence-electron chi connectivity index (χ1n) is 8.52. The van der Waals surface area contributed by atoms with Crippen LogP contribution in [-0.4, -0.2) is 25.9 Å². The monoisotopic (exact) mass is 449 g/mol. The lowest BCUT2D eigenvalue weighted by atomic mass is 10.2. The summed E-state index contributed by atoms with van der Waals surface area (Å²) in [5, 5.41) is 3.09. The predicted molar refractivity (Wildman–Crippen MR) is 115 cm³/mol. The molecule has 0 saturated heterocycles. The zero-order valence-electron chi connectivity index (χ0n) is 15.3. The standard InChI is InChI=1S/C20H17Cl2N3O3S/c1-14-7-9-15(10-8-14)25(29(27,28)16-4-3-11-23-12-16)13-19(26)24-20-17(21)5-2-6-18(20)22/h2-12H,13H2,1H3,(H,24,26). The molecule has 29 heavy (non-hydrogen) atoms. The van der Waals surface area contributed by atoms with Crippen LogP contribution in [0.1, 0.15) is 5.56 Å². The van der Waals surface area contributed by atoms with Crippen molar-refractivity contribution in [2.75, 3.05) is 16.2 Å². The number of nitrogens with one attached hydrogen (secondary N) is 1. The Morgan fingerprint density at radius 1 is 1.03 bits per heavy atom. The fourth-order valence-corrected chi connectivity index (χ4v) is 4.46. The van der Waals surface area contributed by atoms with Gasteiger partial charge < -0.3 is 5.32 Å². The number of carbonyl (C=O) groups is 1. The molecule has 0 spiro atoms. The number of nitrogens with zero attached hydrogens (tertiary/aromatic N) is 2. The summed E-state index contributed by atoms with van der Waals surface area (Å²) in [6, 6.07) is 14.5. The van der Waals surface area contributed by atoms with Crippen molar-refractivity contribution in [3.05, 3.63) is 82.6 Å². The molecule has 9 heteroatoms. The van der Waals surface area contributed by atoms with Crippen molar-refractivity contribution in [3.63, 3.8) is 0 Å². The maximum absolute atomic E-state index is 13.2. The lowest BCUT2D eigenvalue weighted by molar-refractivity contribution is -0.114. The van der Waals surface area contributed by atoms with E-state index in [9.17, 15) is 13.2 Å². The molecule has 0 saturated carbocycles. The minimum atomic E-state index is -4.03. The van der Waals surface area contributed by atoms with Gasteiger partial charge in [0.05, 0.1) is 21.4 Å². The minimum absolute atomic E-state index is 0.0239. The van der Waals surface area contributed by atoms with Crippen LogP contribution in [0.15, 0.2) is 71.9 Å². The van der Waals surface area contributed by atoms with Crippen molar-refractivity contribution in [2.45, 2.75) is 11.8 Å². The molecule has 1 aromatic heterocycles. The van der Waals surface area contributed by atoms with E-state index in [1.165, 1.54) is 24.5 Å². The Balaban J connectivity index is 1.96. The second-order valence-corrected chi connectivity index (χ2v) is 8.86. The summed E-state index contributed by atoms with van der Waals surface area (Å²) in [6.07, 6.45) is 2.71. The fourth-order valence-electron chi connectivity index (χ4n) is 2.58. The normalized spacial score (nSPS) is 11.1. The zero-order chi connectivity index (χ0) is 21.0. The summed E-state index contributed by atoms with van der Waals surface area (Å²) >= 11 is 12.2. The molecule has 0 unspecified atom stereocenters. The topological polar surface area (TPSA) is 79.4 Å². The number of sulfonamides is 1. The summed E-state index contributed by atoms with van der Waals surface area (Å²) in [4.78, 5) is 16.5. The molecule has 0 radical (unpaired) electrons. The second kappa shape index (κ2) is 8.82. The smallest absolute Gasteiger partial charge is 0.266 e. The summed E-state index contributed by atoms with van der Waals surface area (Å²) in [7, 11) is -4.03. The van der Waals surface area contributed by atoms with Crippen LogP contribution in [0.4, 0.5) is 11.4 Å². The van der Waals surface area contributed by atoms with E-state index in [2.05, 4.69) is 10.3 Å². The summed E-state index contributed by atoms with van der Waals surface area (Å²) in [5.41, 5.74) is 1.53. The van der Waals surface area contributed by atoms with E-state index >= 15 is 0 Å². The Hall–Kier alpha value is -2.61. The predicted octanol–water partition coefficient (Wildman–Crippen LogP) is 4.53. The first-order valence-corrected chi connectivity index (χ1v) is 10.7. The number of para-hydroxylation sites is 1. The molecule has 3 aromatic rings. The molecule has 1 heterocycles. The van der Waals surface area contributed by atoms with E-state index in [1.807, 2.05) is 6.92 Å². The third-order valence-electron chi connectivity index (χ3n) is 4.06. The average Bonchev–Trinajstić information content (AvgIpc) is 2.70. The van der Waals surface area contributed by atoms with Crippen molar-refractivity contribution in [1.82, 2.24) is 4.98 Å². The van der Waals surface area contributed by atoms with E-state index in [1.54, 1.807) is 42.5 Å². The van der Waals surface area contributed by atoms with Crippen LogP contribution in [-0.2, 0) is 14.8 Å². The van der Waals surface area contributed by atoms with Gasteiger partial charge in [0.2, 0.25) is 5.91 Å². The molecule has 0 atom stereocenters. The highest BCUT2D eigenvalue weighted by Crippen LogP contribution is 2.30. The summed E-state index contributed by atoms with van der Waals surface area (Å²) in [5.74, 6) is -0.590. The van der Waals surface area contributed by atoms with Crippen molar-refractivity contribution in [1.29, 1.82) is 0 Å². The number of carbonyl (C=O) groups excluding carboxylic acids is 1. The van der Waals surface area contributed by atoms with Crippen molar-refractivity contribution in [2.24, 2.45) is 0 Å². The van der Waals surface area contributed by atoms with Crippen LogP contribution in [0.5, 0.6) is 0 Å². The molecule has 0 aliphatic heterocycles. The minimum Gasteiger partial charge on any atom is -0.322 e. The van der Waals surface area contributed by atoms with Gasteiger partial charge in [0.15, 0.2) is 0 Å². The molecular formula is C20H17Cl2N3O3S. The van der Waals surface area contributed by atoms with Crippen LogP contribution in [0.2, 0.25) is 10.0 Å². The van der Waals surface area contributed by atoms with Gasteiger partial charge in [-0.25, -0.2) is 8.42 Å². The summed E-state index contributed by atoms with van der Waals surface area (Å²) < 4.78 is 27.4. The van der Waals surface area contributed by atoms with E-state index in [0.717, 1.165) is 9.87 Å². The molecule has 2 aromatic carbocycles. The number of amides is 1. The molecule has 0 aliphatic carbocycles. The third kappa shape index (κ3) is 4.87. The van der Waals surface area contributed by atoms with E-state index < -0.39 is 22.5 Å². The largest absolute Gasteiger partial charge is 0.322 e. The van der Waals surface area contributed by atoms with Gasteiger partial charge in [-0.3, -0.25) is 14.1 Å². The molecule has 3 rings (SSSR count). The van der Waals surface area contributed by atoms with Crippen molar-refractivity contribution in [3.8, 4) is 0 Å². The van der Waals surface area contributed by atoms with Crippen LogP contribution in [0.3, 0.4) is 0 Å². The molecule has 0 aliphatic rings. The van der Waals surface area contributed by atoms with Gasteiger partial charge in [-0.1, -0.05) is 47.0 Å². The number of aryl methyl sites for hydroxylation is 1. The molecule has 0 fully saturated rings. The first-order chi connectivity index (χ1) is 13.8. The maximum Gasteiger partial charge on any atom is 0.266 e. The van der Waals surface area contributed by atoms with E-state index in [-0.39, 0.29) is 20.6 Å². The fraction of sp³-hybridized carbons (Fsp3) is 0.100. The first kappa shape index (κ1) is 21.1. The quantitative estimate of drug-likeness (QED) is 0.599. The third-order valence-corrected chi connectivity index (χ3v) is 6.45. The number of pyridine rings is 1. The van der Waals surface area contributed by atoms with Crippen LogP contribution in [0, 0.1) is 6.92 Å². The number of hydrogen-bond acceptors (Lipinski definition) is 4. The zero-order valence-corrected chi connectivity index (χ0v) is 17.7. The average molecular weight is 450 g/mol. The van der Waals surface area contributed by atoms with Gasteiger partial charge >= 0.3 is 0 Å². The highest BCUT2D eigenvalue weighted by atomic mass is 35.5. The van der Waals surface area contributed by atoms with Gasteiger partial charge in [0.1, 0.15) is 11.4 Å². The second-order valence-electron chi connectivity index (χ2n) is 6.18. The van der Waals surface area contributed by atoms with Gasteiger partial charge in [-0.2, -0.15) is 0 Å². The molecule has 1 N–H and O–H groups in total. The lowest BCUT2D eigenvalue weighted by Gasteiger charge is -2.24. The van der Waals surface area contributed by atoms with Crippen LogP contribution >= 0.6 is 23.2 Å². The number of rotatable bonds is 6. The molecular weight excluding hydrogens is 433 g/mol. The Bertz CT molecular complexity index is 1100. The Labute approximate surface area is 179 Å². The van der Waals surface area contributed by atoms with Gasteiger partial charge in [0.25, 0.3) is 10.0 Å². The molecule has 6 nitrogen and oxygen atoms in total. The van der Waals surface area contributed by atoms with Crippen LogP contribution < -0.4 is 9.62 Å². The Kier molecular flexibility index (Phi) is 6.42. The number of aromatic nitrogens is 1. The van der Waals surface area contributed by atoms with Crippen LogP contribution in [0.25, 0.3) is 0 Å². The van der Waals surface area contributed by atoms with Gasteiger partial charge in [0, 0.05) is 12.4 Å². The number of halogens is 2. The van der Waals surface area contributed by atoms with Gasteiger partial charge in [-0.15, -0.1) is 0 Å². The van der Waals surface area contributed by atoms with Crippen molar-refractivity contribution < 1.29 is 13.2 Å². The number of anilines is 2. The van der Waals surface area contributed by atoms with Gasteiger partial charge in [-0.05, 0) is 43.3 Å². The molecule has 0 bridgehead atoms. The lowest BCUT2D eigenvalue weighted by Crippen LogP contribution is -2.38. The SMILES string of the molecule is Cc1ccc(N(CC(=O)Nc2c(Cl)cccc2Cl)S(=O)(=O)c2cccnc2)cc1.